The Morgan fingerprint density at radius 2 is 1.75 bits per heavy atom. The fourth-order valence-corrected chi connectivity index (χ4v) is 3.61. The van der Waals surface area contributed by atoms with Crippen molar-refractivity contribution in [3.05, 3.63) is 0 Å². The van der Waals surface area contributed by atoms with Gasteiger partial charge in [0.2, 0.25) is 0 Å². The number of hydrogen-bond acceptors (Lipinski definition) is 6. The fourth-order valence-electron chi connectivity index (χ4n) is 3.61. The Hall–Kier alpha value is -1.38. The van der Waals surface area contributed by atoms with Crippen molar-refractivity contribution in [3.63, 3.8) is 0 Å². The molecule has 0 aromatic heterocycles. The van der Waals surface area contributed by atoms with Crippen LogP contribution < -0.4 is 0 Å². The minimum absolute atomic E-state index is 0.117. The summed E-state index contributed by atoms with van der Waals surface area (Å²) in [5.41, 5.74) is -1.29. The number of hydrogen-bond donors (Lipinski definition) is 2. The summed E-state index contributed by atoms with van der Waals surface area (Å²) in [4.78, 5) is 24.8. The largest absolute Gasteiger partial charge is 0.465 e. The summed E-state index contributed by atoms with van der Waals surface area (Å²) < 4.78 is 16.5. The first kappa shape index (κ1) is 22.9. The highest BCUT2D eigenvalue weighted by molar-refractivity contribution is 5.70. The Morgan fingerprint density at radius 1 is 1.14 bits per heavy atom. The summed E-state index contributed by atoms with van der Waals surface area (Å²) in [7, 11) is 0. The molecule has 3 unspecified atom stereocenters. The highest BCUT2D eigenvalue weighted by Crippen LogP contribution is 2.40. The lowest BCUT2D eigenvalue weighted by Gasteiger charge is -2.40. The van der Waals surface area contributed by atoms with Crippen molar-refractivity contribution in [3.8, 4) is 0 Å². The monoisotopic (exact) mass is 401 g/mol. The number of epoxide rings is 1. The van der Waals surface area contributed by atoms with Crippen LogP contribution in [0.3, 0.4) is 0 Å². The van der Waals surface area contributed by atoms with Gasteiger partial charge in [0.1, 0.15) is 6.10 Å². The van der Waals surface area contributed by atoms with E-state index >= 15 is 0 Å². The minimum Gasteiger partial charge on any atom is -0.465 e. The standard InChI is InChI=1S/C20H35NO7/c1-13(2)11-26-17(22)10-20(25,9-16-18(28-16)27-12-14(3)4)15-5-7-21(8-6-15)19(23)24/h13-16,18,25H,5-12H2,1-4H3,(H,23,24). The summed E-state index contributed by atoms with van der Waals surface area (Å²) in [6.07, 6.45) is -0.377. The Labute approximate surface area is 167 Å². The molecule has 2 heterocycles. The molecule has 1 amide bonds. The van der Waals surface area contributed by atoms with E-state index in [0.717, 1.165) is 0 Å². The summed E-state index contributed by atoms with van der Waals surface area (Å²) in [5, 5.41) is 20.5. The van der Waals surface area contributed by atoms with Crippen LogP contribution in [0, 0.1) is 17.8 Å². The van der Waals surface area contributed by atoms with Crippen LogP contribution in [0.5, 0.6) is 0 Å². The Morgan fingerprint density at radius 3 is 2.29 bits per heavy atom. The van der Waals surface area contributed by atoms with Crippen molar-refractivity contribution in [2.24, 2.45) is 17.8 Å². The third kappa shape index (κ3) is 6.90. The molecule has 28 heavy (non-hydrogen) atoms. The first-order valence-electron chi connectivity index (χ1n) is 10.2. The van der Waals surface area contributed by atoms with Crippen LogP contribution in [0.25, 0.3) is 0 Å². The quantitative estimate of drug-likeness (QED) is 0.427. The van der Waals surface area contributed by atoms with Gasteiger partial charge in [0.25, 0.3) is 0 Å². The van der Waals surface area contributed by atoms with Gasteiger partial charge in [0.05, 0.1) is 25.2 Å². The maximum Gasteiger partial charge on any atom is 0.407 e. The summed E-state index contributed by atoms with van der Waals surface area (Å²) in [5.74, 6) is -0.0201. The SMILES string of the molecule is CC(C)COC(=O)CC(O)(CC1OC1OCC(C)C)C1CCN(C(=O)O)CC1. The van der Waals surface area contributed by atoms with Crippen LogP contribution in [0.4, 0.5) is 4.79 Å². The second-order valence-electron chi connectivity index (χ2n) is 8.88. The minimum atomic E-state index is -1.29. The molecule has 3 atom stereocenters. The number of carbonyl (C=O) groups is 2. The molecule has 0 radical (unpaired) electrons. The van der Waals surface area contributed by atoms with E-state index in [4.69, 9.17) is 19.3 Å². The number of carbonyl (C=O) groups excluding carboxylic acids is 1. The molecule has 2 aliphatic rings. The van der Waals surface area contributed by atoms with E-state index in [1.54, 1.807) is 0 Å². The Balaban J connectivity index is 1.97. The summed E-state index contributed by atoms with van der Waals surface area (Å²) >= 11 is 0. The average molecular weight is 402 g/mol. The number of amides is 1. The molecule has 0 aliphatic carbocycles. The molecule has 0 aromatic carbocycles. The number of piperidine rings is 1. The topological polar surface area (TPSA) is 109 Å². The first-order valence-corrected chi connectivity index (χ1v) is 10.2. The highest BCUT2D eigenvalue weighted by Gasteiger charge is 2.50. The molecule has 162 valence electrons. The zero-order valence-corrected chi connectivity index (χ0v) is 17.4. The normalized spacial score (nSPS) is 25.0. The zero-order chi connectivity index (χ0) is 20.9. The predicted molar refractivity (Wildman–Crippen MR) is 102 cm³/mol. The molecule has 0 spiro atoms. The van der Waals surface area contributed by atoms with Gasteiger partial charge in [0, 0.05) is 19.5 Å². The second-order valence-corrected chi connectivity index (χ2v) is 8.88. The van der Waals surface area contributed by atoms with E-state index in [2.05, 4.69) is 13.8 Å². The molecule has 0 saturated carbocycles. The average Bonchev–Trinajstić information content (AvgIpc) is 3.35. The first-order chi connectivity index (χ1) is 13.1. The van der Waals surface area contributed by atoms with Gasteiger partial charge in [-0.1, -0.05) is 27.7 Å². The van der Waals surface area contributed by atoms with Gasteiger partial charge in [-0.15, -0.1) is 0 Å². The van der Waals surface area contributed by atoms with Gasteiger partial charge in [-0.3, -0.25) is 4.79 Å². The summed E-state index contributed by atoms with van der Waals surface area (Å²) in [6.45, 7) is 9.60. The van der Waals surface area contributed by atoms with Crippen LogP contribution in [-0.2, 0) is 19.0 Å². The molecular formula is C20H35NO7. The molecule has 2 fully saturated rings. The number of ether oxygens (including phenoxy) is 3. The van der Waals surface area contributed by atoms with E-state index in [9.17, 15) is 14.7 Å². The molecule has 8 heteroatoms. The molecular weight excluding hydrogens is 366 g/mol. The lowest BCUT2D eigenvalue weighted by atomic mass is 9.75. The van der Waals surface area contributed by atoms with E-state index in [0.29, 0.717) is 45.1 Å². The van der Waals surface area contributed by atoms with Crippen LogP contribution in [-0.4, -0.2) is 71.5 Å². The van der Waals surface area contributed by atoms with Gasteiger partial charge >= 0.3 is 12.1 Å². The lowest BCUT2D eigenvalue weighted by molar-refractivity contribution is -0.154. The number of likely N-dealkylation sites (tertiary alicyclic amines) is 1. The smallest absolute Gasteiger partial charge is 0.407 e. The molecule has 2 rings (SSSR count). The zero-order valence-electron chi connectivity index (χ0n) is 17.4. The van der Waals surface area contributed by atoms with Crippen molar-refractivity contribution in [2.75, 3.05) is 26.3 Å². The van der Waals surface area contributed by atoms with Gasteiger partial charge in [-0.2, -0.15) is 0 Å². The predicted octanol–water partition coefficient (Wildman–Crippen LogP) is 2.48. The maximum atomic E-state index is 12.3. The van der Waals surface area contributed by atoms with Gasteiger partial charge < -0.3 is 29.3 Å². The highest BCUT2D eigenvalue weighted by atomic mass is 16.8. The molecule has 2 saturated heterocycles. The summed E-state index contributed by atoms with van der Waals surface area (Å²) in [6, 6.07) is 0. The Bertz CT molecular complexity index is 531. The second kappa shape index (κ2) is 9.89. The number of esters is 1. The lowest BCUT2D eigenvalue weighted by Crippen LogP contribution is -2.48. The molecule has 2 aliphatic heterocycles. The molecule has 2 N–H and O–H groups in total. The third-order valence-electron chi connectivity index (χ3n) is 5.24. The molecule has 0 aromatic rings. The van der Waals surface area contributed by atoms with Gasteiger partial charge in [0.15, 0.2) is 6.29 Å². The van der Waals surface area contributed by atoms with Crippen LogP contribution in [0.1, 0.15) is 53.4 Å². The Kier molecular flexibility index (Phi) is 8.09. The number of rotatable bonds is 10. The van der Waals surface area contributed by atoms with Gasteiger partial charge in [-0.25, -0.2) is 4.79 Å². The van der Waals surface area contributed by atoms with Crippen molar-refractivity contribution in [1.82, 2.24) is 4.90 Å². The van der Waals surface area contributed by atoms with E-state index in [1.807, 2.05) is 13.8 Å². The van der Waals surface area contributed by atoms with Crippen molar-refractivity contribution in [1.29, 1.82) is 0 Å². The third-order valence-corrected chi connectivity index (χ3v) is 5.24. The fraction of sp³-hybridized carbons (Fsp3) is 0.900. The molecule has 0 bridgehead atoms. The van der Waals surface area contributed by atoms with Gasteiger partial charge in [-0.05, 0) is 30.6 Å². The van der Waals surface area contributed by atoms with E-state index < -0.39 is 17.7 Å². The van der Waals surface area contributed by atoms with Crippen molar-refractivity contribution in [2.45, 2.75) is 71.4 Å². The maximum absolute atomic E-state index is 12.3. The van der Waals surface area contributed by atoms with Crippen LogP contribution in [0.15, 0.2) is 0 Å². The number of aliphatic hydroxyl groups is 1. The van der Waals surface area contributed by atoms with Crippen molar-refractivity contribution >= 4 is 12.1 Å². The number of carboxylic acid groups (broad SMARTS) is 1. The number of nitrogens with zero attached hydrogens (tertiary/aromatic N) is 1. The van der Waals surface area contributed by atoms with Crippen LogP contribution >= 0.6 is 0 Å². The van der Waals surface area contributed by atoms with E-state index in [1.165, 1.54) is 4.90 Å². The van der Waals surface area contributed by atoms with Crippen molar-refractivity contribution < 1.29 is 34.0 Å². The van der Waals surface area contributed by atoms with Crippen LogP contribution in [0.2, 0.25) is 0 Å². The molecule has 8 nitrogen and oxygen atoms in total. The van der Waals surface area contributed by atoms with E-state index in [-0.39, 0.29) is 37.1 Å².